The van der Waals surface area contributed by atoms with Crippen LogP contribution in [0, 0.1) is 13.8 Å². The van der Waals surface area contributed by atoms with Crippen molar-refractivity contribution in [2.24, 2.45) is 5.73 Å². The fourth-order valence-electron chi connectivity index (χ4n) is 1.79. The molecule has 0 bridgehead atoms. The van der Waals surface area contributed by atoms with E-state index in [9.17, 15) is 0 Å². The minimum Gasteiger partial charge on any atom is -0.323 e. The van der Waals surface area contributed by atoms with Crippen LogP contribution < -0.4 is 5.73 Å². The Morgan fingerprint density at radius 1 is 1.00 bits per heavy atom. The van der Waals surface area contributed by atoms with Crippen LogP contribution in [0.2, 0.25) is 0 Å². The Kier molecular flexibility index (Phi) is 4.45. The highest BCUT2D eigenvalue weighted by atomic mass is 32.2. The van der Waals surface area contributed by atoms with Crippen LogP contribution in [-0.2, 0) is 0 Å². The minimum atomic E-state index is 0.0921. The van der Waals surface area contributed by atoms with Gasteiger partial charge in [-0.3, -0.25) is 0 Å². The van der Waals surface area contributed by atoms with E-state index in [1.54, 1.807) is 0 Å². The maximum absolute atomic E-state index is 6.24. The summed E-state index contributed by atoms with van der Waals surface area (Å²) in [6, 6.07) is 17.0. The fourth-order valence-corrected chi connectivity index (χ4v) is 2.71. The summed E-state index contributed by atoms with van der Waals surface area (Å²) >= 11 is 1.81. The number of benzene rings is 2. The van der Waals surface area contributed by atoms with E-state index < -0.39 is 0 Å². The molecule has 0 aliphatic rings. The van der Waals surface area contributed by atoms with Gasteiger partial charge in [0.15, 0.2) is 0 Å². The summed E-state index contributed by atoms with van der Waals surface area (Å²) in [5, 5.41) is 0. The van der Waals surface area contributed by atoms with E-state index >= 15 is 0 Å². The highest BCUT2D eigenvalue weighted by molar-refractivity contribution is 7.99. The lowest BCUT2D eigenvalue weighted by molar-refractivity contribution is 0.829. The van der Waals surface area contributed by atoms with Crippen molar-refractivity contribution < 1.29 is 0 Å². The molecule has 0 aliphatic heterocycles. The normalized spacial score (nSPS) is 12.4. The Hall–Kier alpha value is -1.25. The zero-order valence-corrected chi connectivity index (χ0v) is 11.7. The highest BCUT2D eigenvalue weighted by Crippen LogP contribution is 2.24. The third-order valence-electron chi connectivity index (χ3n) is 3.13. The lowest BCUT2D eigenvalue weighted by atomic mass is 10.0. The molecule has 0 radical (unpaired) electrons. The zero-order valence-electron chi connectivity index (χ0n) is 10.9. The molecule has 0 spiro atoms. The monoisotopic (exact) mass is 257 g/mol. The summed E-state index contributed by atoms with van der Waals surface area (Å²) in [5.74, 6) is 0.909. The first-order chi connectivity index (χ1) is 8.66. The third-order valence-corrected chi connectivity index (χ3v) is 4.26. The summed E-state index contributed by atoms with van der Waals surface area (Å²) < 4.78 is 0. The second kappa shape index (κ2) is 6.07. The molecule has 2 heteroatoms. The smallest absolute Gasteiger partial charge is 0.0390 e. The number of thioether (sulfide) groups is 1. The van der Waals surface area contributed by atoms with Gasteiger partial charge in [-0.1, -0.05) is 36.4 Å². The molecule has 0 amide bonds. The minimum absolute atomic E-state index is 0.0921. The first-order valence-electron chi connectivity index (χ1n) is 6.17. The predicted molar refractivity (Wildman–Crippen MR) is 80.0 cm³/mol. The van der Waals surface area contributed by atoms with Gasteiger partial charge in [-0.15, -0.1) is 11.8 Å². The molecular weight excluding hydrogens is 238 g/mol. The van der Waals surface area contributed by atoms with E-state index in [2.05, 4.69) is 56.3 Å². The molecule has 1 unspecified atom stereocenters. The van der Waals surface area contributed by atoms with E-state index in [4.69, 9.17) is 5.73 Å². The second-order valence-electron chi connectivity index (χ2n) is 4.57. The molecule has 2 rings (SSSR count). The maximum Gasteiger partial charge on any atom is 0.0390 e. The first-order valence-corrected chi connectivity index (χ1v) is 7.16. The van der Waals surface area contributed by atoms with Gasteiger partial charge in [0.1, 0.15) is 0 Å². The van der Waals surface area contributed by atoms with Crippen LogP contribution in [0.25, 0.3) is 0 Å². The van der Waals surface area contributed by atoms with Crippen molar-refractivity contribution in [2.75, 3.05) is 5.75 Å². The predicted octanol–water partition coefficient (Wildman–Crippen LogP) is 4.10. The van der Waals surface area contributed by atoms with Gasteiger partial charge in [0.05, 0.1) is 0 Å². The average Bonchev–Trinajstić information content (AvgIpc) is 2.40. The number of rotatable bonds is 4. The Morgan fingerprint density at radius 3 is 2.39 bits per heavy atom. The summed E-state index contributed by atoms with van der Waals surface area (Å²) in [5.41, 5.74) is 10.1. The van der Waals surface area contributed by atoms with Crippen LogP contribution in [-0.4, -0.2) is 5.75 Å². The van der Waals surface area contributed by atoms with E-state index in [0.717, 1.165) is 5.75 Å². The summed E-state index contributed by atoms with van der Waals surface area (Å²) in [6.07, 6.45) is 0. The summed E-state index contributed by atoms with van der Waals surface area (Å²) in [4.78, 5) is 1.27. The van der Waals surface area contributed by atoms with Crippen LogP contribution in [0.3, 0.4) is 0 Å². The van der Waals surface area contributed by atoms with Crippen LogP contribution in [0.1, 0.15) is 22.7 Å². The van der Waals surface area contributed by atoms with Gasteiger partial charge in [-0.2, -0.15) is 0 Å². The molecule has 2 aromatic rings. The Labute approximate surface area is 113 Å². The molecule has 0 heterocycles. The quantitative estimate of drug-likeness (QED) is 0.835. The topological polar surface area (TPSA) is 26.0 Å². The maximum atomic E-state index is 6.24. The Balaban J connectivity index is 1.99. The Bertz CT molecular complexity index is 508. The van der Waals surface area contributed by atoms with Gasteiger partial charge in [0.25, 0.3) is 0 Å². The molecule has 18 heavy (non-hydrogen) atoms. The van der Waals surface area contributed by atoms with Crippen molar-refractivity contribution in [1.82, 2.24) is 0 Å². The first kappa shape index (κ1) is 13.2. The van der Waals surface area contributed by atoms with Crippen LogP contribution in [0.5, 0.6) is 0 Å². The molecule has 0 saturated carbocycles. The van der Waals surface area contributed by atoms with Crippen LogP contribution >= 0.6 is 11.8 Å². The molecule has 2 aromatic carbocycles. The molecule has 2 N–H and O–H groups in total. The fraction of sp³-hybridized carbons (Fsp3) is 0.250. The summed E-state index contributed by atoms with van der Waals surface area (Å²) in [6.45, 7) is 4.26. The van der Waals surface area contributed by atoms with Gasteiger partial charge in [-0.25, -0.2) is 0 Å². The van der Waals surface area contributed by atoms with Crippen molar-refractivity contribution >= 4 is 11.8 Å². The van der Waals surface area contributed by atoms with Crippen molar-refractivity contribution in [2.45, 2.75) is 24.8 Å². The Morgan fingerprint density at radius 2 is 1.72 bits per heavy atom. The lowest BCUT2D eigenvalue weighted by Gasteiger charge is -2.13. The lowest BCUT2D eigenvalue weighted by Crippen LogP contribution is -2.13. The number of hydrogen-bond acceptors (Lipinski definition) is 2. The van der Waals surface area contributed by atoms with Crippen LogP contribution in [0.4, 0.5) is 0 Å². The largest absolute Gasteiger partial charge is 0.323 e. The van der Waals surface area contributed by atoms with Gasteiger partial charge in [0.2, 0.25) is 0 Å². The average molecular weight is 257 g/mol. The van der Waals surface area contributed by atoms with Crippen molar-refractivity contribution in [3.8, 4) is 0 Å². The highest BCUT2D eigenvalue weighted by Gasteiger charge is 2.07. The molecule has 0 aromatic heterocycles. The molecule has 0 fully saturated rings. The number of hydrogen-bond donors (Lipinski definition) is 1. The standard InChI is InChI=1S/C16H19NS/c1-12-8-9-14(10-13(12)2)16(17)11-18-15-6-4-3-5-7-15/h3-10,16H,11,17H2,1-2H3. The van der Waals surface area contributed by atoms with E-state index in [1.807, 2.05) is 17.8 Å². The number of aryl methyl sites for hydroxylation is 2. The molecular formula is C16H19NS. The summed E-state index contributed by atoms with van der Waals surface area (Å²) in [7, 11) is 0. The van der Waals surface area contributed by atoms with Gasteiger partial charge >= 0.3 is 0 Å². The molecule has 0 saturated heterocycles. The van der Waals surface area contributed by atoms with Crippen molar-refractivity contribution in [3.63, 3.8) is 0 Å². The number of nitrogens with two attached hydrogens (primary N) is 1. The van der Waals surface area contributed by atoms with E-state index in [0.29, 0.717) is 0 Å². The van der Waals surface area contributed by atoms with Crippen LogP contribution in [0.15, 0.2) is 53.4 Å². The third kappa shape index (κ3) is 3.37. The van der Waals surface area contributed by atoms with Gasteiger partial charge < -0.3 is 5.73 Å². The molecule has 1 nitrogen and oxygen atoms in total. The zero-order chi connectivity index (χ0) is 13.0. The van der Waals surface area contributed by atoms with E-state index in [1.165, 1.54) is 21.6 Å². The van der Waals surface area contributed by atoms with Crippen molar-refractivity contribution in [3.05, 3.63) is 65.2 Å². The van der Waals surface area contributed by atoms with E-state index in [-0.39, 0.29) is 6.04 Å². The van der Waals surface area contributed by atoms with Gasteiger partial charge in [-0.05, 0) is 42.7 Å². The van der Waals surface area contributed by atoms with Crippen molar-refractivity contribution in [1.29, 1.82) is 0 Å². The molecule has 0 aliphatic carbocycles. The molecule has 1 atom stereocenters. The second-order valence-corrected chi connectivity index (χ2v) is 5.67. The molecule has 94 valence electrons. The SMILES string of the molecule is Cc1ccc(C(N)CSc2ccccc2)cc1C. The van der Waals surface area contributed by atoms with Gasteiger partial charge in [0, 0.05) is 16.7 Å².